The molecule has 0 aliphatic carbocycles. The van der Waals surface area contributed by atoms with Crippen LogP contribution in [0.1, 0.15) is 20.3 Å². The van der Waals surface area contributed by atoms with Gasteiger partial charge < -0.3 is 0 Å². The molecule has 0 heterocycles. The maximum atomic E-state index is 5.40. The maximum Gasteiger partial charge on any atom is 0.0716 e. The van der Waals surface area contributed by atoms with Crippen LogP contribution in [0.4, 0.5) is 0 Å². The molecule has 0 spiro atoms. The van der Waals surface area contributed by atoms with E-state index in [0.29, 0.717) is 18.4 Å². The van der Waals surface area contributed by atoms with E-state index in [0.717, 1.165) is 6.42 Å². The van der Waals surface area contributed by atoms with Crippen molar-refractivity contribution in [3.05, 3.63) is 11.6 Å². The maximum absolute atomic E-state index is 5.40. The molecule has 0 aromatic carbocycles. The van der Waals surface area contributed by atoms with E-state index in [9.17, 15) is 0 Å². The third-order valence-electron chi connectivity index (χ3n) is 1.75. The van der Waals surface area contributed by atoms with E-state index < -0.39 is 0 Å². The van der Waals surface area contributed by atoms with Gasteiger partial charge in [0.1, 0.15) is 0 Å². The zero-order valence-electron chi connectivity index (χ0n) is 6.89. The Morgan fingerprint density at radius 2 is 2.09 bits per heavy atom. The van der Waals surface area contributed by atoms with Gasteiger partial charge in [0.2, 0.25) is 0 Å². The minimum Gasteiger partial charge on any atom is -0.279 e. The molecular weight excluding hydrogens is 183 g/mol. The lowest BCUT2D eigenvalue weighted by Crippen LogP contribution is -2.12. The number of hydrogen-bond acceptors (Lipinski definition) is 1. The Morgan fingerprint density at radius 3 is 2.45 bits per heavy atom. The summed E-state index contributed by atoms with van der Waals surface area (Å²) in [6, 6.07) is 0. The summed E-state index contributed by atoms with van der Waals surface area (Å²) < 4.78 is 4.56. The van der Waals surface area contributed by atoms with Gasteiger partial charge >= 0.3 is 0 Å². The summed E-state index contributed by atoms with van der Waals surface area (Å²) in [5.41, 5.74) is 1.53. The van der Waals surface area contributed by atoms with Gasteiger partial charge in [-0.1, -0.05) is 31.5 Å². The molecule has 0 bridgehead atoms. The van der Waals surface area contributed by atoms with Crippen molar-refractivity contribution in [1.29, 1.82) is 0 Å². The lowest BCUT2D eigenvalue weighted by molar-refractivity contribution is 0.227. The molecule has 0 saturated heterocycles. The lowest BCUT2D eigenvalue weighted by Gasteiger charge is -2.16. The summed E-state index contributed by atoms with van der Waals surface area (Å²) in [5.74, 6) is 1.03. The molecule has 0 unspecified atom stereocenters. The highest BCUT2D eigenvalue weighted by Crippen LogP contribution is 2.16. The molecule has 0 aliphatic heterocycles. The van der Waals surface area contributed by atoms with Gasteiger partial charge in [-0.05, 0) is 18.3 Å². The third kappa shape index (κ3) is 5.54. The Kier molecular flexibility index (Phi) is 7.13. The molecule has 11 heavy (non-hydrogen) atoms. The first-order chi connectivity index (χ1) is 5.22. The van der Waals surface area contributed by atoms with Crippen LogP contribution in [0.2, 0.25) is 0 Å². The van der Waals surface area contributed by atoms with Crippen LogP contribution in [-0.4, -0.2) is 6.61 Å². The average molecular weight is 197 g/mol. The first-order valence-corrected chi connectivity index (χ1v) is 4.45. The SMILES string of the molecule is CC(C)[C@H](CC=CCl)COCl. The molecule has 0 fully saturated rings. The predicted molar refractivity (Wildman–Crippen MR) is 49.7 cm³/mol. The summed E-state index contributed by atoms with van der Waals surface area (Å²) in [6.45, 7) is 4.87. The predicted octanol–water partition coefficient (Wildman–Crippen LogP) is 3.57. The van der Waals surface area contributed by atoms with Crippen LogP contribution in [0.3, 0.4) is 0 Å². The standard InChI is InChI=1S/C8H14Cl2O/c1-7(2)8(6-11-10)4-3-5-9/h3,5,7-8H,4,6H2,1-2H3/t8-/m1/s1. The van der Waals surface area contributed by atoms with Gasteiger partial charge in [0, 0.05) is 5.54 Å². The van der Waals surface area contributed by atoms with Gasteiger partial charge in [-0.15, -0.1) is 0 Å². The molecule has 3 heteroatoms. The summed E-state index contributed by atoms with van der Waals surface area (Å²) in [5, 5.41) is 0. The highest BCUT2D eigenvalue weighted by Gasteiger charge is 2.11. The smallest absolute Gasteiger partial charge is 0.0716 e. The van der Waals surface area contributed by atoms with Gasteiger partial charge in [0.05, 0.1) is 18.5 Å². The molecule has 1 nitrogen and oxygen atoms in total. The molecule has 0 N–H and O–H groups in total. The number of allylic oxidation sites excluding steroid dienone is 1. The second kappa shape index (κ2) is 6.96. The van der Waals surface area contributed by atoms with Crippen LogP contribution in [-0.2, 0) is 4.29 Å². The van der Waals surface area contributed by atoms with E-state index in [4.69, 9.17) is 23.5 Å². The van der Waals surface area contributed by atoms with Gasteiger partial charge in [-0.3, -0.25) is 4.29 Å². The Labute approximate surface area is 78.5 Å². The fraction of sp³-hybridized carbons (Fsp3) is 0.750. The average Bonchev–Trinajstić information content (AvgIpc) is 1.97. The van der Waals surface area contributed by atoms with Crippen LogP contribution in [0.15, 0.2) is 11.6 Å². The zero-order valence-corrected chi connectivity index (χ0v) is 8.40. The van der Waals surface area contributed by atoms with Gasteiger partial charge in [0.25, 0.3) is 0 Å². The number of hydrogen-bond donors (Lipinski definition) is 0. The van der Waals surface area contributed by atoms with Gasteiger partial charge in [-0.2, -0.15) is 0 Å². The molecule has 0 rings (SSSR count). The largest absolute Gasteiger partial charge is 0.279 e. The van der Waals surface area contributed by atoms with Crippen molar-refractivity contribution in [2.75, 3.05) is 6.61 Å². The fourth-order valence-electron chi connectivity index (χ4n) is 0.840. The Balaban J connectivity index is 3.69. The minimum atomic E-state index is 0.461. The van der Waals surface area contributed by atoms with Crippen LogP contribution >= 0.6 is 23.5 Å². The monoisotopic (exact) mass is 196 g/mol. The van der Waals surface area contributed by atoms with Gasteiger partial charge in [0.15, 0.2) is 0 Å². The normalized spacial score (nSPS) is 14.6. The topological polar surface area (TPSA) is 9.23 Å². The lowest BCUT2D eigenvalue weighted by atomic mass is 9.94. The van der Waals surface area contributed by atoms with Crippen molar-refractivity contribution >= 4 is 23.5 Å². The van der Waals surface area contributed by atoms with E-state index >= 15 is 0 Å². The Hall–Kier alpha value is 0.280. The van der Waals surface area contributed by atoms with Crippen LogP contribution in [0.25, 0.3) is 0 Å². The van der Waals surface area contributed by atoms with Crippen molar-refractivity contribution in [2.24, 2.45) is 11.8 Å². The number of halogens is 2. The van der Waals surface area contributed by atoms with E-state index in [1.165, 1.54) is 5.54 Å². The fourth-order valence-corrected chi connectivity index (χ4v) is 1.10. The molecule has 0 saturated carbocycles. The highest BCUT2D eigenvalue weighted by molar-refractivity contribution is 6.25. The third-order valence-corrected chi connectivity index (χ3v) is 2.05. The molecule has 0 radical (unpaired) electrons. The summed E-state index contributed by atoms with van der Waals surface area (Å²) in [7, 11) is 0. The van der Waals surface area contributed by atoms with E-state index in [1.54, 1.807) is 0 Å². The molecular formula is C8H14Cl2O. The summed E-state index contributed by atoms with van der Waals surface area (Å²) in [6.07, 6.45) is 2.84. The zero-order chi connectivity index (χ0) is 8.69. The second-order valence-corrected chi connectivity index (χ2v) is 3.35. The molecule has 1 atom stereocenters. The molecule has 0 aliphatic rings. The molecule has 0 aromatic rings. The van der Waals surface area contributed by atoms with E-state index in [1.807, 2.05) is 6.08 Å². The first kappa shape index (κ1) is 11.3. The molecule has 66 valence electrons. The van der Waals surface area contributed by atoms with Crippen LogP contribution in [0.5, 0.6) is 0 Å². The minimum absolute atomic E-state index is 0.461. The highest BCUT2D eigenvalue weighted by atomic mass is 35.5. The van der Waals surface area contributed by atoms with E-state index in [2.05, 4.69) is 18.1 Å². The summed E-state index contributed by atoms with van der Waals surface area (Å²) >= 11 is 10.6. The van der Waals surface area contributed by atoms with Crippen molar-refractivity contribution in [3.63, 3.8) is 0 Å². The Morgan fingerprint density at radius 1 is 1.45 bits per heavy atom. The van der Waals surface area contributed by atoms with Crippen molar-refractivity contribution in [1.82, 2.24) is 0 Å². The quantitative estimate of drug-likeness (QED) is 0.654. The van der Waals surface area contributed by atoms with Crippen molar-refractivity contribution in [3.8, 4) is 0 Å². The summed E-state index contributed by atoms with van der Waals surface area (Å²) in [4.78, 5) is 0. The van der Waals surface area contributed by atoms with Crippen LogP contribution < -0.4 is 0 Å². The Bertz CT molecular complexity index is 113. The van der Waals surface area contributed by atoms with Crippen molar-refractivity contribution < 1.29 is 4.29 Å². The van der Waals surface area contributed by atoms with Gasteiger partial charge in [-0.25, -0.2) is 0 Å². The molecule has 0 aromatic heterocycles. The van der Waals surface area contributed by atoms with Crippen molar-refractivity contribution in [2.45, 2.75) is 20.3 Å². The van der Waals surface area contributed by atoms with E-state index in [-0.39, 0.29) is 0 Å². The molecule has 0 amide bonds. The second-order valence-electron chi connectivity index (χ2n) is 2.88. The first-order valence-electron chi connectivity index (χ1n) is 3.71. The van der Waals surface area contributed by atoms with Crippen LogP contribution in [0, 0.1) is 11.8 Å². The number of rotatable bonds is 5.